The number of aromatic nitrogens is 2. The summed E-state index contributed by atoms with van der Waals surface area (Å²) in [6.07, 6.45) is -0.250. The molecule has 0 fully saturated rings. The van der Waals surface area contributed by atoms with E-state index in [1.165, 1.54) is 11.8 Å². The molecule has 5 nitrogen and oxygen atoms in total. The zero-order chi connectivity index (χ0) is 11.3. The Morgan fingerprint density at radius 3 is 2.60 bits per heavy atom. The Morgan fingerprint density at radius 1 is 1.40 bits per heavy atom. The average molecular weight is 229 g/mol. The maximum absolute atomic E-state index is 5.60. The summed E-state index contributed by atoms with van der Waals surface area (Å²) in [4.78, 5) is 8.33. The molecule has 0 unspecified atom stereocenters. The van der Waals surface area contributed by atoms with Crippen molar-refractivity contribution in [1.82, 2.24) is 9.97 Å². The fourth-order valence-corrected chi connectivity index (χ4v) is 1.94. The van der Waals surface area contributed by atoms with Crippen molar-refractivity contribution in [2.24, 2.45) is 0 Å². The van der Waals surface area contributed by atoms with Crippen LogP contribution in [0.4, 0.5) is 5.82 Å². The summed E-state index contributed by atoms with van der Waals surface area (Å²) in [5.41, 5.74) is 6.46. The predicted molar refractivity (Wildman–Crippen MR) is 59.7 cm³/mol. The Balaban J connectivity index is 2.57. The number of nitrogen functional groups attached to an aromatic ring is 1. The molecule has 0 bridgehead atoms. The van der Waals surface area contributed by atoms with E-state index in [1.807, 2.05) is 6.92 Å². The highest BCUT2D eigenvalue weighted by atomic mass is 32.2. The lowest BCUT2D eigenvalue weighted by Crippen LogP contribution is -2.16. The quantitative estimate of drug-likeness (QED) is 0.463. The summed E-state index contributed by atoms with van der Waals surface area (Å²) < 4.78 is 10.1. The van der Waals surface area contributed by atoms with E-state index < -0.39 is 0 Å². The van der Waals surface area contributed by atoms with Crippen molar-refractivity contribution in [2.45, 2.75) is 18.4 Å². The second kappa shape index (κ2) is 5.89. The van der Waals surface area contributed by atoms with Gasteiger partial charge in [-0.2, -0.15) is 0 Å². The summed E-state index contributed by atoms with van der Waals surface area (Å²) in [6.45, 7) is 1.88. The molecule has 1 aromatic heterocycles. The van der Waals surface area contributed by atoms with Crippen molar-refractivity contribution < 1.29 is 9.47 Å². The monoisotopic (exact) mass is 229 g/mol. The van der Waals surface area contributed by atoms with Gasteiger partial charge < -0.3 is 15.2 Å². The van der Waals surface area contributed by atoms with Crippen LogP contribution in [0.2, 0.25) is 0 Å². The molecule has 0 saturated carbocycles. The molecule has 0 radical (unpaired) electrons. The molecule has 2 N–H and O–H groups in total. The number of rotatable bonds is 5. The first kappa shape index (κ1) is 12.2. The molecular weight excluding hydrogens is 214 g/mol. The van der Waals surface area contributed by atoms with Crippen LogP contribution in [-0.4, -0.2) is 36.2 Å². The van der Waals surface area contributed by atoms with Gasteiger partial charge in [0.15, 0.2) is 11.4 Å². The number of nitrogens with two attached hydrogens (primary N) is 1. The van der Waals surface area contributed by atoms with E-state index in [0.717, 1.165) is 5.69 Å². The van der Waals surface area contributed by atoms with Gasteiger partial charge in [-0.05, 0) is 6.92 Å². The van der Waals surface area contributed by atoms with E-state index in [-0.39, 0.29) is 6.29 Å². The minimum atomic E-state index is -0.250. The minimum Gasteiger partial charge on any atom is -0.384 e. The van der Waals surface area contributed by atoms with Gasteiger partial charge in [0, 0.05) is 26.0 Å². The number of thioether (sulfide) groups is 1. The molecule has 6 heteroatoms. The number of anilines is 1. The molecule has 0 saturated heterocycles. The van der Waals surface area contributed by atoms with Crippen LogP contribution < -0.4 is 5.73 Å². The SMILES string of the molecule is COC(CSc1nc(C)cc(N)n1)OC. The molecule has 84 valence electrons. The first-order valence-corrected chi connectivity index (χ1v) is 5.43. The molecule has 0 aromatic carbocycles. The van der Waals surface area contributed by atoms with Gasteiger partial charge in [-0.3, -0.25) is 0 Å². The smallest absolute Gasteiger partial charge is 0.189 e. The van der Waals surface area contributed by atoms with Crippen LogP contribution in [0.3, 0.4) is 0 Å². The molecule has 0 atom stereocenters. The number of hydrogen-bond acceptors (Lipinski definition) is 6. The van der Waals surface area contributed by atoms with E-state index in [0.29, 0.717) is 16.7 Å². The highest BCUT2D eigenvalue weighted by Gasteiger charge is 2.08. The Bertz CT molecular complexity index is 298. The van der Waals surface area contributed by atoms with Crippen molar-refractivity contribution in [3.8, 4) is 0 Å². The topological polar surface area (TPSA) is 70.3 Å². The highest BCUT2D eigenvalue weighted by Crippen LogP contribution is 2.16. The highest BCUT2D eigenvalue weighted by molar-refractivity contribution is 7.99. The van der Waals surface area contributed by atoms with Crippen molar-refractivity contribution >= 4 is 17.6 Å². The summed E-state index contributed by atoms with van der Waals surface area (Å²) in [6, 6.07) is 1.73. The van der Waals surface area contributed by atoms with E-state index in [9.17, 15) is 0 Å². The molecule has 0 spiro atoms. The molecule has 0 amide bonds. The Kier molecular flexibility index (Phi) is 4.80. The Morgan fingerprint density at radius 2 is 2.07 bits per heavy atom. The number of aryl methyl sites for hydroxylation is 1. The second-order valence-electron chi connectivity index (χ2n) is 2.93. The van der Waals surface area contributed by atoms with E-state index in [1.54, 1.807) is 20.3 Å². The van der Waals surface area contributed by atoms with Gasteiger partial charge in [0.1, 0.15) is 5.82 Å². The molecule has 1 aromatic rings. The lowest BCUT2D eigenvalue weighted by atomic mass is 10.4. The predicted octanol–water partition coefficient (Wildman–Crippen LogP) is 1.08. The fraction of sp³-hybridized carbons (Fsp3) is 0.556. The lowest BCUT2D eigenvalue weighted by molar-refractivity contribution is -0.0842. The summed E-state index contributed by atoms with van der Waals surface area (Å²) in [5.74, 6) is 1.12. The minimum absolute atomic E-state index is 0.250. The maximum atomic E-state index is 5.60. The van der Waals surface area contributed by atoms with Gasteiger partial charge in [0.25, 0.3) is 0 Å². The van der Waals surface area contributed by atoms with Crippen LogP contribution in [0.25, 0.3) is 0 Å². The molecule has 0 aliphatic carbocycles. The zero-order valence-corrected chi connectivity index (χ0v) is 9.87. The maximum Gasteiger partial charge on any atom is 0.189 e. The summed E-state index contributed by atoms with van der Waals surface area (Å²) >= 11 is 1.45. The molecule has 1 heterocycles. The van der Waals surface area contributed by atoms with Gasteiger partial charge in [-0.15, -0.1) is 0 Å². The van der Waals surface area contributed by atoms with E-state index >= 15 is 0 Å². The number of nitrogens with zero attached hydrogens (tertiary/aromatic N) is 2. The van der Waals surface area contributed by atoms with Crippen LogP contribution in [0, 0.1) is 6.92 Å². The molecule has 1 rings (SSSR count). The van der Waals surface area contributed by atoms with Gasteiger partial charge in [-0.25, -0.2) is 9.97 Å². The van der Waals surface area contributed by atoms with Gasteiger partial charge in [0.05, 0.1) is 5.75 Å². The van der Waals surface area contributed by atoms with E-state index in [2.05, 4.69) is 9.97 Å². The standard InChI is InChI=1S/C9H15N3O2S/c1-6-4-7(10)12-9(11-6)15-5-8(13-2)14-3/h4,8H,5H2,1-3H3,(H2,10,11,12). The summed E-state index contributed by atoms with van der Waals surface area (Å²) in [5, 5.41) is 0.645. The second-order valence-corrected chi connectivity index (χ2v) is 3.92. The van der Waals surface area contributed by atoms with Gasteiger partial charge in [0.2, 0.25) is 0 Å². The third kappa shape index (κ3) is 4.03. The first-order chi connectivity index (χ1) is 7.15. The molecule has 15 heavy (non-hydrogen) atoms. The van der Waals surface area contributed by atoms with Gasteiger partial charge in [-0.1, -0.05) is 11.8 Å². The van der Waals surface area contributed by atoms with Crippen molar-refractivity contribution in [3.63, 3.8) is 0 Å². The number of methoxy groups -OCH3 is 2. The lowest BCUT2D eigenvalue weighted by Gasteiger charge is -2.11. The Hall–Kier alpha value is -0.850. The number of ether oxygens (including phenoxy) is 2. The molecular formula is C9H15N3O2S. The van der Waals surface area contributed by atoms with E-state index in [4.69, 9.17) is 15.2 Å². The van der Waals surface area contributed by atoms with Crippen LogP contribution in [0.15, 0.2) is 11.2 Å². The van der Waals surface area contributed by atoms with Crippen molar-refractivity contribution in [2.75, 3.05) is 25.7 Å². The summed E-state index contributed by atoms with van der Waals surface area (Å²) in [7, 11) is 3.19. The van der Waals surface area contributed by atoms with Gasteiger partial charge >= 0.3 is 0 Å². The normalized spacial score (nSPS) is 10.9. The molecule has 0 aliphatic rings. The third-order valence-electron chi connectivity index (χ3n) is 1.73. The fourth-order valence-electron chi connectivity index (χ4n) is 1.00. The van der Waals surface area contributed by atoms with Crippen molar-refractivity contribution in [1.29, 1.82) is 0 Å². The average Bonchev–Trinajstić information content (AvgIpc) is 2.18. The number of hydrogen-bond donors (Lipinski definition) is 1. The molecule has 0 aliphatic heterocycles. The Labute approximate surface area is 93.4 Å². The first-order valence-electron chi connectivity index (χ1n) is 4.45. The largest absolute Gasteiger partial charge is 0.384 e. The van der Waals surface area contributed by atoms with Crippen LogP contribution in [-0.2, 0) is 9.47 Å². The van der Waals surface area contributed by atoms with Crippen molar-refractivity contribution in [3.05, 3.63) is 11.8 Å². The van der Waals surface area contributed by atoms with Crippen LogP contribution >= 0.6 is 11.8 Å². The third-order valence-corrected chi connectivity index (χ3v) is 2.61. The zero-order valence-electron chi connectivity index (χ0n) is 9.06. The van der Waals surface area contributed by atoms with Crippen LogP contribution in [0.5, 0.6) is 0 Å². The van der Waals surface area contributed by atoms with Crippen LogP contribution in [0.1, 0.15) is 5.69 Å².